The first kappa shape index (κ1) is 18.9. The van der Waals surface area contributed by atoms with E-state index < -0.39 is 0 Å². The summed E-state index contributed by atoms with van der Waals surface area (Å²) >= 11 is 0. The number of nitrogens with zero attached hydrogens (tertiary/aromatic N) is 2. The highest BCUT2D eigenvalue weighted by atomic mass is 15.2. The molecule has 2 N–H and O–H groups in total. The van der Waals surface area contributed by atoms with Crippen molar-refractivity contribution in [3.8, 4) is 12.3 Å². The van der Waals surface area contributed by atoms with Crippen molar-refractivity contribution in [2.45, 2.75) is 52.4 Å². The van der Waals surface area contributed by atoms with Gasteiger partial charge < -0.3 is 15.2 Å². The van der Waals surface area contributed by atoms with Crippen LogP contribution in [0.25, 0.3) is 11.3 Å². The summed E-state index contributed by atoms with van der Waals surface area (Å²) in [5.41, 5.74) is 3.26. The fraction of sp³-hybridized carbons (Fsp3) is 0.476. The van der Waals surface area contributed by atoms with E-state index in [0.717, 1.165) is 54.0 Å². The minimum absolute atomic E-state index is 0.671. The molecule has 1 aliphatic heterocycles. The molecule has 0 unspecified atom stereocenters. The standard InChI is InChI=1S/C21H30N4/c1-6-9-13-17(5)22-21-23-19(16(4)7-2)20(24-21)18(8-3)25-14-11-10-12-15-25/h1,8H,3,5,7,9-15H2,2,4H3,(H2,22,23,24)/b19-16-,20-18-. The quantitative estimate of drug-likeness (QED) is 0.751. The van der Waals surface area contributed by atoms with Gasteiger partial charge in [-0.15, -0.1) is 12.3 Å². The normalized spacial score (nSPS) is 16.8. The maximum Gasteiger partial charge on any atom is 0.205 e. The largest absolute Gasteiger partial charge is 0.370 e. The first-order valence-electron chi connectivity index (χ1n) is 9.16. The van der Waals surface area contributed by atoms with Gasteiger partial charge in [-0.3, -0.25) is 0 Å². The second-order valence-corrected chi connectivity index (χ2v) is 6.51. The molecular weight excluding hydrogens is 308 g/mol. The molecule has 0 aliphatic carbocycles. The highest BCUT2D eigenvalue weighted by Gasteiger charge is 2.14. The molecular formula is C21H30N4. The number of H-pyrrole nitrogens is 1. The van der Waals surface area contributed by atoms with Crippen molar-refractivity contribution in [2.24, 2.45) is 0 Å². The van der Waals surface area contributed by atoms with Crippen molar-refractivity contribution in [3.63, 3.8) is 0 Å². The van der Waals surface area contributed by atoms with E-state index in [0.29, 0.717) is 6.42 Å². The molecule has 134 valence electrons. The van der Waals surface area contributed by atoms with Crippen molar-refractivity contribution in [1.29, 1.82) is 0 Å². The molecule has 25 heavy (non-hydrogen) atoms. The van der Waals surface area contributed by atoms with E-state index in [1.807, 2.05) is 6.08 Å². The van der Waals surface area contributed by atoms with Gasteiger partial charge in [0.15, 0.2) is 0 Å². The number of nitrogens with one attached hydrogen (secondary N) is 2. The van der Waals surface area contributed by atoms with E-state index in [1.165, 1.54) is 24.8 Å². The number of hydrogen-bond donors (Lipinski definition) is 2. The van der Waals surface area contributed by atoms with Crippen LogP contribution in [-0.4, -0.2) is 28.0 Å². The van der Waals surface area contributed by atoms with Crippen molar-refractivity contribution < 1.29 is 0 Å². The first-order chi connectivity index (χ1) is 12.1. The van der Waals surface area contributed by atoms with Crippen LogP contribution in [0, 0.1) is 12.3 Å². The minimum Gasteiger partial charge on any atom is -0.370 e. The molecule has 2 heterocycles. The number of terminal acetylenes is 1. The SMILES string of the molecule is C#CCCC(=C)Nc1nc(=C(/C)CC)/c(=C(\C=C)N2CCCCC2)[nH]1. The summed E-state index contributed by atoms with van der Waals surface area (Å²) in [6, 6.07) is 0. The molecule has 1 saturated heterocycles. The smallest absolute Gasteiger partial charge is 0.205 e. The van der Waals surface area contributed by atoms with Crippen LogP contribution in [0.15, 0.2) is 24.9 Å². The zero-order valence-corrected chi connectivity index (χ0v) is 15.6. The molecule has 1 aromatic heterocycles. The number of imidazole rings is 1. The lowest BCUT2D eigenvalue weighted by atomic mass is 10.1. The Morgan fingerprint density at radius 3 is 2.72 bits per heavy atom. The summed E-state index contributed by atoms with van der Waals surface area (Å²) < 4.78 is 0. The van der Waals surface area contributed by atoms with E-state index in [-0.39, 0.29) is 0 Å². The Labute approximate surface area is 151 Å². The number of piperidine rings is 1. The maximum absolute atomic E-state index is 5.33. The van der Waals surface area contributed by atoms with E-state index in [2.05, 4.69) is 48.1 Å². The summed E-state index contributed by atoms with van der Waals surface area (Å²) in [6.45, 7) is 14.5. The first-order valence-corrected chi connectivity index (χ1v) is 9.16. The molecule has 1 fully saturated rings. The number of allylic oxidation sites excluding steroid dienone is 1. The van der Waals surface area contributed by atoms with Crippen LogP contribution in [-0.2, 0) is 0 Å². The van der Waals surface area contributed by atoms with Gasteiger partial charge in [-0.25, -0.2) is 4.98 Å². The predicted octanol–water partition coefficient (Wildman–Crippen LogP) is 3.11. The lowest BCUT2D eigenvalue weighted by Crippen LogP contribution is -2.37. The molecule has 1 aliphatic rings. The van der Waals surface area contributed by atoms with Crippen LogP contribution in [0.5, 0.6) is 0 Å². The topological polar surface area (TPSA) is 44.0 Å². The predicted molar refractivity (Wildman–Crippen MR) is 107 cm³/mol. The number of hydrogen-bond acceptors (Lipinski definition) is 3. The van der Waals surface area contributed by atoms with Crippen LogP contribution >= 0.6 is 0 Å². The van der Waals surface area contributed by atoms with Gasteiger partial charge in [-0.2, -0.15) is 0 Å². The van der Waals surface area contributed by atoms with Crippen molar-refractivity contribution in [1.82, 2.24) is 14.9 Å². The summed E-state index contributed by atoms with van der Waals surface area (Å²) in [4.78, 5) is 10.6. The molecule has 4 heteroatoms. The number of rotatable bonds is 7. The Bertz CT molecular complexity index is 770. The third-order valence-electron chi connectivity index (χ3n) is 4.65. The van der Waals surface area contributed by atoms with E-state index in [1.54, 1.807) is 0 Å². The van der Waals surface area contributed by atoms with E-state index in [4.69, 9.17) is 11.4 Å². The summed E-state index contributed by atoms with van der Waals surface area (Å²) in [7, 11) is 0. The monoisotopic (exact) mass is 338 g/mol. The third kappa shape index (κ3) is 4.79. The number of likely N-dealkylation sites (tertiary alicyclic amines) is 1. The lowest BCUT2D eigenvalue weighted by Gasteiger charge is -2.29. The fourth-order valence-corrected chi connectivity index (χ4v) is 3.07. The number of aromatic amines is 1. The van der Waals surface area contributed by atoms with Gasteiger partial charge in [0.2, 0.25) is 5.95 Å². The molecule has 0 atom stereocenters. The van der Waals surface area contributed by atoms with Crippen LogP contribution in [0.4, 0.5) is 5.95 Å². The van der Waals surface area contributed by atoms with Gasteiger partial charge in [0.05, 0.1) is 16.4 Å². The molecule has 2 rings (SSSR count). The Hall–Kier alpha value is -2.41. The van der Waals surface area contributed by atoms with E-state index >= 15 is 0 Å². The Morgan fingerprint density at radius 2 is 2.12 bits per heavy atom. The van der Waals surface area contributed by atoms with Gasteiger partial charge >= 0.3 is 0 Å². The highest BCUT2D eigenvalue weighted by Crippen LogP contribution is 2.15. The van der Waals surface area contributed by atoms with Crippen LogP contribution in [0.1, 0.15) is 52.4 Å². The maximum atomic E-state index is 5.33. The fourth-order valence-electron chi connectivity index (χ4n) is 3.07. The lowest BCUT2D eigenvalue weighted by molar-refractivity contribution is 0.325. The zero-order chi connectivity index (χ0) is 18.2. The molecule has 0 radical (unpaired) electrons. The van der Waals surface area contributed by atoms with Crippen LogP contribution in [0.3, 0.4) is 0 Å². The summed E-state index contributed by atoms with van der Waals surface area (Å²) in [5, 5.41) is 5.32. The second kappa shape index (κ2) is 9.17. The average Bonchev–Trinajstić information content (AvgIpc) is 3.04. The second-order valence-electron chi connectivity index (χ2n) is 6.51. The van der Waals surface area contributed by atoms with E-state index in [9.17, 15) is 0 Å². The summed E-state index contributed by atoms with van der Waals surface area (Å²) in [5.74, 6) is 3.36. The summed E-state index contributed by atoms with van der Waals surface area (Å²) in [6.07, 6.45) is 13.4. The number of anilines is 1. The minimum atomic E-state index is 0.671. The number of aromatic nitrogens is 2. The van der Waals surface area contributed by atoms with Crippen LogP contribution in [0.2, 0.25) is 0 Å². The Balaban J connectivity index is 2.48. The van der Waals surface area contributed by atoms with Crippen molar-refractivity contribution in [3.05, 3.63) is 35.6 Å². The molecule has 0 spiro atoms. The molecule has 0 aromatic carbocycles. The molecule has 4 nitrogen and oxygen atoms in total. The zero-order valence-electron chi connectivity index (χ0n) is 15.6. The van der Waals surface area contributed by atoms with Gasteiger partial charge in [-0.1, -0.05) is 20.1 Å². The third-order valence-corrected chi connectivity index (χ3v) is 4.65. The molecule has 1 aromatic rings. The van der Waals surface area contributed by atoms with Gasteiger partial charge in [0.1, 0.15) is 0 Å². The van der Waals surface area contributed by atoms with Gasteiger partial charge in [-0.05, 0) is 50.7 Å². The Morgan fingerprint density at radius 1 is 1.40 bits per heavy atom. The van der Waals surface area contributed by atoms with Crippen molar-refractivity contribution in [2.75, 3.05) is 18.4 Å². The Kier molecular flexibility index (Phi) is 6.94. The van der Waals surface area contributed by atoms with Crippen molar-refractivity contribution >= 4 is 17.2 Å². The molecule has 0 bridgehead atoms. The van der Waals surface area contributed by atoms with Gasteiger partial charge in [0.25, 0.3) is 0 Å². The average molecular weight is 338 g/mol. The highest BCUT2D eigenvalue weighted by molar-refractivity contribution is 5.56. The van der Waals surface area contributed by atoms with Gasteiger partial charge in [0, 0.05) is 25.2 Å². The molecule has 0 amide bonds. The van der Waals surface area contributed by atoms with Crippen LogP contribution < -0.4 is 16.0 Å². The molecule has 0 saturated carbocycles.